The van der Waals surface area contributed by atoms with E-state index in [1.165, 1.54) is 28.8 Å². The van der Waals surface area contributed by atoms with Crippen molar-refractivity contribution in [2.24, 2.45) is 7.05 Å². The van der Waals surface area contributed by atoms with Gasteiger partial charge in [-0.2, -0.15) is 21.7 Å². The third kappa shape index (κ3) is 4.29. The highest BCUT2D eigenvalue weighted by Crippen LogP contribution is 2.16. The molecule has 22 heavy (non-hydrogen) atoms. The summed E-state index contributed by atoms with van der Waals surface area (Å²) in [6, 6.07) is 3.63. The van der Waals surface area contributed by atoms with Gasteiger partial charge in [0.15, 0.2) is 5.82 Å². The summed E-state index contributed by atoms with van der Waals surface area (Å²) >= 11 is 1.35. The maximum atomic E-state index is 13.6. The molecule has 9 heteroatoms. The van der Waals surface area contributed by atoms with Gasteiger partial charge < -0.3 is 10.6 Å². The van der Waals surface area contributed by atoms with Crippen molar-refractivity contribution < 1.29 is 14.0 Å². The molecule has 116 valence electrons. The molecule has 0 saturated carbocycles. The van der Waals surface area contributed by atoms with E-state index in [-0.39, 0.29) is 28.7 Å². The van der Waals surface area contributed by atoms with Crippen molar-refractivity contribution in [2.75, 3.05) is 22.6 Å². The minimum Gasteiger partial charge on any atom is -0.325 e. The monoisotopic (exact) mass is 323 g/mol. The Morgan fingerprint density at radius 3 is 2.73 bits per heavy atom. The van der Waals surface area contributed by atoms with Gasteiger partial charge in [-0.25, -0.2) is 4.39 Å². The van der Waals surface area contributed by atoms with E-state index in [1.54, 1.807) is 13.3 Å². The summed E-state index contributed by atoms with van der Waals surface area (Å²) in [6.45, 7) is 0. The van der Waals surface area contributed by atoms with E-state index in [0.717, 1.165) is 12.1 Å². The lowest BCUT2D eigenvalue weighted by Gasteiger charge is -2.07. The number of nitrogens with zero attached hydrogens (tertiary/aromatic N) is 3. The number of hydrogen-bond acceptors (Lipinski definition) is 5. The van der Waals surface area contributed by atoms with E-state index in [0.29, 0.717) is 0 Å². The van der Waals surface area contributed by atoms with Crippen molar-refractivity contribution in [1.82, 2.24) is 15.0 Å². The molecule has 2 N–H and O–H groups in total. The molecule has 0 bridgehead atoms. The Kier molecular flexibility index (Phi) is 5.10. The number of benzene rings is 1. The highest BCUT2D eigenvalue weighted by molar-refractivity contribution is 7.99. The summed E-state index contributed by atoms with van der Waals surface area (Å²) in [5, 5.41) is 12.7. The number of rotatable bonds is 5. The standard InChI is InChI=1S/C13H14FN5O2S/c1-19-15-6-11(18-19)17-13(21)8-3-9(14)5-10(4-8)16-12(20)7-22-2/h3-6H,7H2,1-2H3,(H,16,20)(H,17,18,21). The summed E-state index contributed by atoms with van der Waals surface area (Å²) in [6.07, 6.45) is 3.16. The zero-order chi connectivity index (χ0) is 16.1. The quantitative estimate of drug-likeness (QED) is 0.870. The van der Waals surface area contributed by atoms with Crippen molar-refractivity contribution in [3.05, 3.63) is 35.8 Å². The van der Waals surface area contributed by atoms with Crippen LogP contribution in [0.15, 0.2) is 24.4 Å². The summed E-state index contributed by atoms with van der Waals surface area (Å²) in [4.78, 5) is 24.9. The Hall–Kier alpha value is -2.42. The number of aromatic nitrogens is 3. The van der Waals surface area contributed by atoms with E-state index in [1.807, 2.05) is 0 Å². The molecular formula is C13H14FN5O2S. The van der Waals surface area contributed by atoms with Gasteiger partial charge >= 0.3 is 0 Å². The average Bonchev–Trinajstić information content (AvgIpc) is 2.83. The molecule has 0 saturated heterocycles. The Morgan fingerprint density at radius 1 is 1.32 bits per heavy atom. The number of amides is 2. The fourth-order valence-electron chi connectivity index (χ4n) is 1.71. The molecule has 0 unspecified atom stereocenters. The van der Waals surface area contributed by atoms with E-state index >= 15 is 0 Å². The van der Waals surface area contributed by atoms with Gasteiger partial charge in [0.05, 0.1) is 11.9 Å². The SMILES string of the molecule is CSCC(=O)Nc1cc(F)cc(C(=O)Nc2cnn(C)n2)c1. The predicted octanol–water partition coefficient (Wildman–Crippen LogP) is 1.51. The molecule has 2 amide bonds. The Labute approximate surface area is 130 Å². The second-order valence-corrected chi connectivity index (χ2v) is 5.25. The van der Waals surface area contributed by atoms with Crippen molar-refractivity contribution in [3.8, 4) is 0 Å². The lowest BCUT2D eigenvalue weighted by molar-refractivity contribution is -0.113. The Bertz CT molecular complexity index is 703. The molecule has 0 aliphatic heterocycles. The molecule has 0 aliphatic carbocycles. The van der Waals surface area contributed by atoms with Crippen LogP contribution >= 0.6 is 11.8 Å². The highest BCUT2D eigenvalue weighted by atomic mass is 32.2. The smallest absolute Gasteiger partial charge is 0.257 e. The lowest BCUT2D eigenvalue weighted by atomic mass is 10.1. The molecule has 0 atom stereocenters. The van der Waals surface area contributed by atoms with E-state index < -0.39 is 11.7 Å². The van der Waals surface area contributed by atoms with Crippen LogP contribution in [0.3, 0.4) is 0 Å². The van der Waals surface area contributed by atoms with Gasteiger partial charge in [-0.3, -0.25) is 9.59 Å². The maximum absolute atomic E-state index is 13.6. The fraction of sp³-hybridized carbons (Fsp3) is 0.231. The van der Waals surface area contributed by atoms with Gasteiger partial charge in [0.1, 0.15) is 5.82 Å². The number of halogens is 1. The number of carbonyl (C=O) groups excluding carboxylic acids is 2. The second-order valence-electron chi connectivity index (χ2n) is 4.38. The number of carbonyl (C=O) groups is 2. The second kappa shape index (κ2) is 7.03. The van der Waals surface area contributed by atoms with Crippen LogP contribution in [-0.2, 0) is 11.8 Å². The summed E-state index contributed by atoms with van der Waals surface area (Å²) in [5.74, 6) is -0.924. The molecule has 0 aliphatic rings. The van der Waals surface area contributed by atoms with Crippen LogP contribution in [0.5, 0.6) is 0 Å². The van der Waals surface area contributed by atoms with Crippen molar-refractivity contribution >= 4 is 35.1 Å². The van der Waals surface area contributed by atoms with Gasteiger partial charge in [0.2, 0.25) is 5.91 Å². The summed E-state index contributed by atoms with van der Waals surface area (Å²) < 4.78 is 13.6. The molecule has 7 nitrogen and oxygen atoms in total. The van der Waals surface area contributed by atoms with Gasteiger partial charge in [-0.05, 0) is 24.5 Å². The van der Waals surface area contributed by atoms with Crippen LogP contribution in [0, 0.1) is 5.82 Å². The molecule has 1 aromatic heterocycles. The van der Waals surface area contributed by atoms with E-state index in [9.17, 15) is 14.0 Å². The topological polar surface area (TPSA) is 88.9 Å². The fourth-order valence-corrected chi connectivity index (χ4v) is 2.05. The van der Waals surface area contributed by atoms with Gasteiger partial charge in [0.25, 0.3) is 5.91 Å². The number of nitrogens with one attached hydrogen (secondary N) is 2. The van der Waals surface area contributed by atoms with Crippen molar-refractivity contribution in [3.63, 3.8) is 0 Å². The first kappa shape index (κ1) is 16.0. The predicted molar refractivity (Wildman–Crippen MR) is 82.4 cm³/mol. The molecule has 0 radical (unpaired) electrons. The minimum atomic E-state index is -0.619. The molecular weight excluding hydrogens is 309 g/mol. The molecule has 2 aromatic rings. The highest BCUT2D eigenvalue weighted by Gasteiger charge is 2.12. The zero-order valence-corrected chi connectivity index (χ0v) is 12.8. The number of hydrogen-bond donors (Lipinski definition) is 2. The van der Waals surface area contributed by atoms with Gasteiger partial charge in [-0.15, -0.1) is 5.10 Å². The van der Waals surface area contributed by atoms with Crippen LogP contribution in [0.25, 0.3) is 0 Å². The van der Waals surface area contributed by atoms with Crippen LogP contribution < -0.4 is 10.6 Å². The van der Waals surface area contributed by atoms with Crippen molar-refractivity contribution in [2.45, 2.75) is 0 Å². The molecule has 1 aromatic carbocycles. The van der Waals surface area contributed by atoms with E-state index in [4.69, 9.17) is 0 Å². The van der Waals surface area contributed by atoms with Crippen LogP contribution in [-0.4, -0.2) is 38.8 Å². The van der Waals surface area contributed by atoms with Crippen LogP contribution in [0.2, 0.25) is 0 Å². The normalized spacial score (nSPS) is 10.3. The molecule has 2 rings (SSSR count). The first-order valence-corrected chi connectivity index (χ1v) is 7.64. The third-order valence-corrected chi connectivity index (χ3v) is 3.11. The molecule has 0 fully saturated rings. The summed E-state index contributed by atoms with van der Waals surface area (Å²) in [5.41, 5.74) is 0.299. The molecule has 0 spiro atoms. The molecule has 1 heterocycles. The number of thioether (sulfide) groups is 1. The van der Waals surface area contributed by atoms with Crippen LogP contribution in [0.1, 0.15) is 10.4 Å². The van der Waals surface area contributed by atoms with E-state index in [2.05, 4.69) is 20.8 Å². The number of anilines is 2. The zero-order valence-electron chi connectivity index (χ0n) is 12.0. The maximum Gasteiger partial charge on any atom is 0.257 e. The Balaban J connectivity index is 2.14. The number of aryl methyl sites for hydroxylation is 1. The lowest BCUT2D eigenvalue weighted by Crippen LogP contribution is -2.16. The first-order chi connectivity index (χ1) is 10.5. The average molecular weight is 323 g/mol. The van der Waals surface area contributed by atoms with Crippen molar-refractivity contribution in [1.29, 1.82) is 0 Å². The summed E-state index contributed by atoms with van der Waals surface area (Å²) in [7, 11) is 1.61. The largest absolute Gasteiger partial charge is 0.325 e. The Morgan fingerprint density at radius 2 is 2.09 bits per heavy atom. The van der Waals surface area contributed by atoms with Gasteiger partial charge in [0, 0.05) is 18.3 Å². The van der Waals surface area contributed by atoms with Gasteiger partial charge in [-0.1, -0.05) is 0 Å². The third-order valence-electron chi connectivity index (χ3n) is 2.56. The minimum absolute atomic E-state index is 0.0742. The first-order valence-electron chi connectivity index (χ1n) is 6.25. The van der Waals surface area contributed by atoms with Crippen LogP contribution in [0.4, 0.5) is 15.9 Å².